The molecule has 0 aliphatic rings. The molecular weight excluding hydrogens is 318 g/mol. The third kappa shape index (κ3) is 3.09. The minimum atomic E-state index is -0.638. The first-order valence-electron chi connectivity index (χ1n) is 7.80. The van der Waals surface area contributed by atoms with Crippen molar-refractivity contribution in [1.29, 1.82) is 0 Å². The molecular formula is C17H15N7O. The number of imidazole rings is 1. The lowest BCUT2D eigenvalue weighted by Gasteiger charge is -2.16. The number of tetrazole rings is 1. The normalized spacial score (nSPS) is 12.2. The van der Waals surface area contributed by atoms with Crippen LogP contribution in [0.5, 0.6) is 0 Å². The number of H-pyrrole nitrogens is 1. The maximum atomic E-state index is 12.8. The second kappa shape index (κ2) is 6.52. The number of benzene rings is 2. The Hall–Kier alpha value is -3.55. The fourth-order valence-corrected chi connectivity index (χ4v) is 2.70. The van der Waals surface area contributed by atoms with Gasteiger partial charge in [0.15, 0.2) is 6.04 Å². The van der Waals surface area contributed by atoms with Gasteiger partial charge in [-0.1, -0.05) is 42.5 Å². The molecule has 8 nitrogen and oxygen atoms in total. The topological polar surface area (TPSA) is 101 Å². The van der Waals surface area contributed by atoms with Gasteiger partial charge >= 0.3 is 0 Å². The van der Waals surface area contributed by atoms with E-state index in [4.69, 9.17) is 0 Å². The van der Waals surface area contributed by atoms with E-state index in [9.17, 15) is 4.79 Å². The average molecular weight is 333 g/mol. The van der Waals surface area contributed by atoms with E-state index in [1.165, 1.54) is 11.0 Å². The summed E-state index contributed by atoms with van der Waals surface area (Å²) >= 11 is 0. The first-order valence-corrected chi connectivity index (χ1v) is 7.80. The summed E-state index contributed by atoms with van der Waals surface area (Å²) in [6.45, 7) is 0.291. The predicted molar refractivity (Wildman–Crippen MR) is 90.3 cm³/mol. The van der Waals surface area contributed by atoms with Crippen LogP contribution in [0.2, 0.25) is 0 Å². The number of fused-ring (bicyclic) bond motifs is 1. The zero-order chi connectivity index (χ0) is 17.1. The third-order valence-corrected chi connectivity index (χ3v) is 3.86. The Morgan fingerprint density at radius 2 is 1.92 bits per heavy atom. The molecule has 0 bridgehead atoms. The van der Waals surface area contributed by atoms with Crippen LogP contribution in [0.4, 0.5) is 0 Å². The van der Waals surface area contributed by atoms with Crippen LogP contribution < -0.4 is 5.32 Å². The standard InChI is InChI=1S/C17H15N7O/c25-17(18-10-15-20-13-8-4-5-9-14(13)21-15)16(24-11-19-22-23-24)12-6-2-1-3-7-12/h1-9,11,16H,10H2,(H,18,25)(H,20,21). The van der Waals surface area contributed by atoms with Crippen molar-refractivity contribution in [3.05, 3.63) is 72.3 Å². The Bertz CT molecular complexity index is 946. The number of para-hydroxylation sites is 2. The fourth-order valence-electron chi connectivity index (χ4n) is 2.70. The second-order valence-electron chi connectivity index (χ2n) is 5.52. The number of nitrogens with zero attached hydrogens (tertiary/aromatic N) is 5. The molecule has 4 aromatic rings. The highest BCUT2D eigenvalue weighted by Gasteiger charge is 2.23. The van der Waals surface area contributed by atoms with Gasteiger partial charge in [-0.25, -0.2) is 9.67 Å². The van der Waals surface area contributed by atoms with E-state index in [2.05, 4.69) is 30.8 Å². The number of hydrogen-bond acceptors (Lipinski definition) is 5. The van der Waals surface area contributed by atoms with E-state index in [0.717, 1.165) is 16.6 Å². The first kappa shape index (κ1) is 15.0. The lowest BCUT2D eigenvalue weighted by atomic mass is 10.1. The highest BCUT2D eigenvalue weighted by atomic mass is 16.2. The van der Waals surface area contributed by atoms with E-state index < -0.39 is 6.04 Å². The van der Waals surface area contributed by atoms with Crippen molar-refractivity contribution >= 4 is 16.9 Å². The number of rotatable bonds is 5. The number of carbonyl (C=O) groups excluding carboxylic acids is 1. The van der Waals surface area contributed by atoms with Crippen molar-refractivity contribution in [3.8, 4) is 0 Å². The predicted octanol–water partition coefficient (Wildman–Crippen LogP) is 1.46. The van der Waals surface area contributed by atoms with E-state index in [0.29, 0.717) is 12.4 Å². The lowest BCUT2D eigenvalue weighted by molar-refractivity contribution is -0.123. The molecule has 4 rings (SSSR count). The molecule has 0 saturated carbocycles. The number of amides is 1. The number of aromatic amines is 1. The van der Waals surface area contributed by atoms with Gasteiger partial charge < -0.3 is 10.3 Å². The summed E-state index contributed by atoms with van der Waals surface area (Å²) < 4.78 is 1.43. The molecule has 2 aromatic carbocycles. The summed E-state index contributed by atoms with van der Waals surface area (Å²) in [4.78, 5) is 20.4. The Labute approximate surface area is 142 Å². The molecule has 0 aliphatic carbocycles. The molecule has 2 N–H and O–H groups in total. The Balaban J connectivity index is 1.54. The lowest BCUT2D eigenvalue weighted by Crippen LogP contribution is -2.33. The van der Waals surface area contributed by atoms with Gasteiger partial charge in [-0.05, 0) is 28.1 Å². The Kier molecular flexibility index (Phi) is 3.91. The average Bonchev–Trinajstić information content (AvgIpc) is 3.30. The van der Waals surface area contributed by atoms with Crippen LogP contribution >= 0.6 is 0 Å². The molecule has 0 spiro atoms. The molecule has 1 unspecified atom stereocenters. The quantitative estimate of drug-likeness (QED) is 0.576. The third-order valence-electron chi connectivity index (χ3n) is 3.86. The SMILES string of the molecule is O=C(NCc1nc2ccccc2[nH]1)C(c1ccccc1)n1cnnn1. The number of carbonyl (C=O) groups is 1. The van der Waals surface area contributed by atoms with Gasteiger partial charge in [0.2, 0.25) is 5.91 Å². The molecule has 124 valence electrons. The summed E-state index contributed by atoms with van der Waals surface area (Å²) in [6.07, 6.45) is 1.43. The molecule has 25 heavy (non-hydrogen) atoms. The zero-order valence-electron chi connectivity index (χ0n) is 13.2. The Morgan fingerprint density at radius 3 is 2.68 bits per heavy atom. The molecule has 2 heterocycles. The van der Waals surface area contributed by atoms with Crippen LogP contribution in [0, 0.1) is 0 Å². The second-order valence-corrected chi connectivity index (χ2v) is 5.52. The molecule has 0 aliphatic heterocycles. The summed E-state index contributed by atoms with van der Waals surface area (Å²) in [5.74, 6) is 0.483. The molecule has 0 saturated heterocycles. The van der Waals surface area contributed by atoms with Gasteiger partial charge in [-0.15, -0.1) is 5.10 Å². The van der Waals surface area contributed by atoms with Crippen LogP contribution in [-0.2, 0) is 11.3 Å². The summed E-state index contributed by atoms with van der Waals surface area (Å²) in [7, 11) is 0. The first-order chi connectivity index (χ1) is 12.3. The number of aromatic nitrogens is 6. The van der Waals surface area contributed by atoms with Gasteiger partial charge in [0, 0.05) is 0 Å². The van der Waals surface area contributed by atoms with Crippen molar-refractivity contribution in [2.45, 2.75) is 12.6 Å². The largest absolute Gasteiger partial charge is 0.347 e. The van der Waals surface area contributed by atoms with Crippen LogP contribution in [0.1, 0.15) is 17.4 Å². The minimum Gasteiger partial charge on any atom is -0.347 e. The van der Waals surface area contributed by atoms with E-state index in [-0.39, 0.29) is 5.91 Å². The smallest absolute Gasteiger partial charge is 0.249 e. The van der Waals surface area contributed by atoms with Crippen molar-refractivity contribution in [1.82, 2.24) is 35.5 Å². The summed E-state index contributed by atoms with van der Waals surface area (Å²) in [5.41, 5.74) is 2.61. The van der Waals surface area contributed by atoms with Crippen LogP contribution in [0.15, 0.2) is 60.9 Å². The minimum absolute atomic E-state index is 0.209. The Morgan fingerprint density at radius 1 is 1.12 bits per heavy atom. The van der Waals surface area contributed by atoms with Crippen molar-refractivity contribution in [3.63, 3.8) is 0 Å². The van der Waals surface area contributed by atoms with Crippen LogP contribution in [0.25, 0.3) is 11.0 Å². The van der Waals surface area contributed by atoms with E-state index >= 15 is 0 Å². The van der Waals surface area contributed by atoms with Crippen LogP contribution in [0.3, 0.4) is 0 Å². The maximum absolute atomic E-state index is 12.8. The van der Waals surface area contributed by atoms with Crippen molar-refractivity contribution in [2.24, 2.45) is 0 Å². The fraction of sp³-hybridized carbons (Fsp3) is 0.118. The van der Waals surface area contributed by atoms with Gasteiger partial charge in [-0.2, -0.15) is 0 Å². The molecule has 8 heteroatoms. The van der Waals surface area contributed by atoms with Gasteiger partial charge in [0.05, 0.1) is 17.6 Å². The van der Waals surface area contributed by atoms with Crippen LogP contribution in [-0.4, -0.2) is 36.1 Å². The van der Waals surface area contributed by atoms with E-state index in [1.54, 1.807) is 0 Å². The molecule has 0 fully saturated rings. The van der Waals surface area contributed by atoms with Gasteiger partial charge in [0.25, 0.3) is 0 Å². The summed E-state index contributed by atoms with van der Waals surface area (Å²) in [5, 5.41) is 14.0. The van der Waals surface area contributed by atoms with Crippen molar-refractivity contribution in [2.75, 3.05) is 0 Å². The van der Waals surface area contributed by atoms with E-state index in [1.807, 2.05) is 54.6 Å². The molecule has 1 amide bonds. The number of nitrogens with one attached hydrogen (secondary N) is 2. The van der Waals surface area contributed by atoms with Crippen molar-refractivity contribution < 1.29 is 4.79 Å². The van der Waals surface area contributed by atoms with Gasteiger partial charge in [-0.3, -0.25) is 4.79 Å². The number of hydrogen-bond donors (Lipinski definition) is 2. The molecule has 2 aromatic heterocycles. The molecule has 1 atom stereocenters. The maximum Gasteiger partial charge on any atom is 0.249 e. The zero-order valence-corrected chi connectivity index (χ0v) is 13.2. The van der Waals surface area contributed by atoms with Gasteiger partial charge in [0.1, 0.15) is 12.2 Å². The summed E-state index contributed by atoms with van der Waals surface area (Å²) in [6, 6.07) is 16.5. The monoisotopic (exact) mass is 333 g/mol. The molecule has 0 radical (unpaired) electrons. The highest BCUT2D eigenvalue weighted by molar-refractivity contribution is 5.83. The highest BCUT2D eigenvalue weighted by Crippen LogP contribution is 2.17.